The molecule has 0 aromatic heterocycles. The minimum atomic E-state index is 0. The Morgan fingerprint density at radius 3 is 1.57 bits per heavy atom. The van der Waals surface area contributed by atoms with Crippen LogP contribution in [0.5, 0.6) is 0 Å². The van der Waals surface area contributed by atoms with Crippen molar-refractivity contribution < 1.29 is 13.3 Å². The molecule has 0 saturated heterocycles. The maximum Gasteiger partial charge on any atom is 2.00 e. The molecule has 4 nitrogen and oxygen atoms in total. The Balaban J connectivity index is -0.0000000417. The van der Waals surface area contributed by atoms with Crippen LogP contribution in [0, 0.1) is 0 Å². The summed E-state index contributed by atoms with van der Waals surface area (Å²) in [5, 5.41) is 20.1. The zero-order chi connectivity index (χ0) is 4.83. The zero-order valence-electron chi connectivity index (χ0n) is 5.65. The van der Waals surface area contributed by atoms with Gasteiger partial charge in [-0.3, -0.25) is 0 Å². The molecule has 0 aliphatic rings. The van der Waals surface area contributed by atoms with Crippen molar-refractivity contribution in [3.63, 3.8) is 0 Å². The van der Waals surface area contributed by atoms with Gasteiger partial charge in [-0.05, 0) is 0 Å². The van der Waals surface area contributed by atoms with Crippen LogP contribution in [0.4, 0.5) is 0 Å². The Kier molecular flexibility index (Phi) is 13.0. The van der Waals surface area contributed by atoms with E-state index in [1.807, 2.05) is 0 Å². The number of hydrogen-bond donors (Lipinski definition) is 2. The fourth-order valence-electron chi connectivity index (χ4n) is 0.0596. The van der Waals surface area contributed by atoms with Gasteiger partial charge in [0.25, 0.3) is 0 Å². The predicted molar refractivity (Wildman–Crippen MR) is 28.5 cm³/mol. The van der Waals surface area contributed by atoms with E-state index in [1.54, 1.807) is 0 Å². The summed E-state index contributed by atoms with van der Waals surface area (Å²) in [4.78, 5) is 0. The molecule has 0 aliphatic carbocycles. The van der Waals surface area contributed by atoms with Gasteiger partial charge >= 0.3 is 23.1 Å². The van der Waals surface area contributed by atoms with Gasteiger partial charge in [0.05, 0.1) is 12.4 Å². The van der Waals surface area contributed by atoms with Gasteiger partial charge in [0.1, 0.15) is 0 Å². The quantitative estimate of drug-likeness (QED) is 0.214. The van der Waals surface area contributed by atoms with Crippen molar-refractivity contribution in [3.8, 4) is 0 Å². The fourth-order valence-corrected chi connectivity index (χ4v) is 0.0596. The van der Waals surface area contributed by atoms with Gasteiger partial charge in [-0.25, -0.2) is 0 Å². The molecule has 5 heteroatoms. The van der Waals surface area contributed by atoms with Crippen molar-refractivity contribution in [2.45, 2.75) is 0 Å². The molecule has 0 spiro atoms. The first kappa shape index (κ1) is 9.86. The molecule has 0 aliphatic heterocycles. The molecule has 0 saturated carbocycles. The second-order valence-electron chi connectivity index (χ2n) is 0.529. The van der Waals surface area contributed by atoms with Gasteiger partial charge in [-0.2, -0.15) is 0 Å². The first-order valence-electron chi connectivity index (χ1n) is 1.25. The van der Waals surface area contributed by atoms with E-state index in [2.05, 4.69) is 10.3 Å². The second kappa shape index (κ2) is 9.20. The third-order valence-electron chi connectivity index (χ3n) is 0.200. The Morgan fingerprint density at radius 1 is 1.14 bits per heavy atom. The van der Waals surface area contributed by atoms with Crippen LogP contribution >= 0.6 is 0 Å². The Hall–Kier alpha value is -0.294. The summed E-state index contributed by atoms with van der Waals surface area (Å²) in [7, 11) is 0. The Morgan fingerprint density at radius 2 is 1.43 bits per heavy atom. The van der Waals surface area contributed by atoms with E-state index in [0.29, 0.717) is 0 Å². The van der Waals surface area contributed by atoms with Crippen molar-refractivity contribution in [2.24, 2.45) is 10.3 Å². The van der Waals surface area contributed by atoms with Crippen LogP contribution < -0.4 is 0 Å². The smallest absolute Gasteiger partial charge is 1.00 e. The third-order valence-corrected chi connectivity index (χ3v) is 0.200. The summed E-state index contributed by atoms with van der Waals surface area (Å²) in [5.41, 5.74) is 0. The van der Waals surface area contributed by atoms with E-state index in [4.69, 9.17) is 10.4 Å². The average Bonchev–Trinajstić information content (AvgIpc) is 1.61. The summed E-state index contributed by atoms with van der Waals surface area (Å²) in [6, 6.07) is 0. The SMILES string of the molecule is O/N=C/C=N/O.[H-].[H-].[Mg+2]. The molecule has 0 rings (SSSR count). The molecule has 0 radical (unpaired) electrons. The summed E-state index contributed by atoms with van der Waals surface area (Å²) >= 11 is 0. The predicted octanol–water partition coefficient (Wildman–Crippen LogP) is -0.249. The van der Waals surface area contributed by atoms with E-state index >= 15 is 0 Å². The summed E-state index contributed by atoms with van der Waals surface area (Å²) in [6.45, 7) is 0. The van der Waals surface area contributed by atoms with E-state index in [9.17, 15) is 0 Å². The minimum absolute atomic E-state index is 0. The fraction of sp³-hybridized carbons (Fsp3) is 0. The van der Waals surface area contributed by atoms with E-state index in [0.717, 1.165) is 12.4 Å². The van der Waals surface area contributed by atoms with Crippen LogP contribution in [0.25, 0.3) is 0 Å². The van der Waals surface area contributed by atoms with Gasteiger partial charge in [-0.15, -0.1) is 0 Å². The van der Waals surface area contributed by atoms with Crippen LogP contribution in [0.15, 0.2) is 10.3 Å². The van der Waals surface area contributed by atoms with Gasteiger partial charge in [0, 0.05) is 0 Å². The zero-order valence-corrected chi connectivity index (χ0v) is 5.06. The maximum absolute atomic E-state index is 7.56. The van der Waals surface area contributed by atoms with Crippen molar-refractivity contribution in [1.82, 2.24) is 0 Å². The first-order valence-corrected chi connectivity index (χ1v) is 1.25. The molecule has 7 heavy (non-hydrogen) atoms. The largest absolute Gasteiger partial charge is 2.00 e. The first-order chi connectivity index (χ1) is 2.91. The van der Waals surface area contributed by atoms with Crippen LogP contribution in [0.3, 0.4) is 0 Å². The molecule has 38 valence electrons. The van der Waals surface area contributed by atoms with E-state index in [1.165, 1.54) is 0 Å². The standard InChI is InChI=1S/C2H4N2O2.Mg.2H/c5-3-1-2-4-6;;;/h1-2,5-6H;;;/q;+2;2*-1/b3-1+,4-2+;;;. The Labute approximate surface area is 59.6 Å². The molecular weight excluding hydrogens is 108 g/mol. The van der Waals surface area contributed by atoms with Crippen LogP contribution in [0.1, 0.15) is 2.85 Å². The number of rotatable bonds is 1. The summed E-state index contributed by atoms with van der Waals surface area (Å²) in [6.07, 6.45) is 1.89. The Bertz CT molecular complexity index is 69.0. The maximum atomic E-state index is 7.56. The number of nitrogens with zero attached hydrogens (tertiary/aromatic N) is 2. The summed E-state index contributed by atoms with van der Waals surface area (Å²) in [5.74, 6) is 0. The van der Waals surface area contributed by atoms with Crippen molar-refractivity contribution in [3.05, 3.63) is 0 Å². The molecule has 2 N–H and O–H groups in total. The molecule has 0 fully saturated rings. The number of oxime groups is 2. The van der Waals surface area contributed by atoms with Crippen LogP contribution in [-0.2, 0) is 0 Å². The summed E-state index contributed by atoms with van der Waals surface area (Å²) < 4.78 is 0. The van der Waals surface area contributed by atoms with Crippen molar-refractivity contribution in [1.29, 1.82) is 0 Å². The molecule has 0 aromatic carbocycles. The van der Waals surface area contributed by atoms with Crippen LogP contribution in [-0.4, -0.2) is 45.9 Å². The average molecular weight is 114 g/mol. The molecule has 0 unspecified atom stereocenters. The van der Waals surface area contributed by atoms with Gasteiger partial charge in [0.15, 0.2) is 0 Å². The molecular formula is C2H6MgN2O2. The van der Waals surface area contributed by atoms with E-state index < -0.39 is 0 Å². The molecule has 0 heterocycles. The third kappa shape index (κ3) is 10.7. The van der Waals surface area contributed by atoms with Crippen molar-refractivity contribution in [2.75, 3.05) is 0 Å². The molecule has 0 aromatic rings. The molecule has 0 bridgehead atoms. The topological polar surface area (TPSA) is 65.2 Å². The minimum Gasteiger partial charge on any atom is -1.00 e. The van der Waals surface area contributed by atoms with Gasteiger partial charge < -0.3 is 13.3 Å². The van der Waals surface area contributed by atoms with Crippen LogP contribution in [0.2, 0.25) is 0 Å². The van der Waals surface area contributed by atoms with Gasteiger partial charge in [-0.1, -0.05) is 10.3 Å². The molecule has 0 atom stereocenters. The number of hydrogen-bond acceptors (Lipinski definition) is 4. The van der Waals surface area contributed by atoms with E-state index in [-0.39, 0.29) is 25.9 Å². The van der Waals surface area contributed by atoms with Crippen molar-refractivity contribution >= 4 is 35.5 Å². The van der Waals surface area contributed by atoms with Gasteiger partial charge in [0.2, 0.25) is 0 Å². The second-order valence-corrected chi connectivity index (χ2v) is 0.529. The molecule has 0 amide bonds. The monoisotopic (exact) mass is 114 g/mol. The normalized spacial score (nSPS) is 9.71.